The lowest BCUT2D eigenvalue weighted by Crippen LogP contribution is -2.65. The highest BCUT2D eigenvalue weighted by atomic mass is 79.9. The number of carbonyl (C=O) groups is 1. The minimum atomic E-state index is -2.88. The molecule has 0 spiro atoms. The van der Waals surface area contributed by atoms with Crippen molar-refractivity contribution in [3.8, 4) is 0 Å². The lowest BCUT2D eigenvalue weighted by molar-refractivity contribution is -0.215. The predicted octanol–water partition coefficient (Wildman–Crippen LogP) is 7.86. The summed E-state index contributed by atoms with van der Waals surface area (Å²) in [6.45, 7) is 1.57. The first-order valence-corrected chi connectivity index (χ1v) is 13.8. The molecule has 6 fully saturated rings. The second-order valence-corrected chi connectivity index (χ2v) is 13.3. The second-order valence-electron chi connectivity index (χ2n) is 12.4. The first-order chi connectivity index (χ1) is 16.9. The van der Waals surface area contributed by atoms with Crippen molar-refractivity contribution in [2.24, 2.45) is 10.8 Å². The van der Waals surface area contributed by atoms with Gasteiger partial charge in [-0.25, -0.2) is 13.2 Å². The standard InChI is InChI=1S/C29H32BrF3N2O/c1-25(31,32)20-5-6-23(34-15-20)28-10-7-26(8-11-28,9-12-28)19-35(22-4-2-3-21(30)13-22)24(36)14-27-16-29(33,17-27)18-27/h2-6,13,15H,7-12,14,16-19H2,1H3. The summed E-state index contributed by atoms with van der Waals surface area (Å²) in [4.78, 5) is 20.1. The van der Waals surface area contributed by atoms with Crippen molar-refractivity contribution < 1.29 is 18.0 Å². The molecule has 0 N–H and O–H groups in total. The molecule has 0 unspecified atom stereocenters. The molecule has 192 valence electrons. The molecule has 1 amide bonds. The second kappa shape index (κ2) is 8.05. The van der Waals surface area contributed by atoms with E-state index in [2.05, 4.69) is 20.9 Å². The molecule has 0 saturated heterocycles. The molecule has 1 heterocycles. The number of carbonyl (C=O) groups excluding carboxylic acids is 1. The molecule has 36 heavy (non-hydrogen) atoms. The lowest BCUT2D eigenvalue weighted by atomic mass is 9.41. The van der Waals surface area contributed by atoms with Crippen LogP contribution in [-0.2, 0) is 16.1 Å². The highest BCUT2D eigenvalue weighted by Gasteiger charge is 2.69. The minimum Gasteiger partial charge on any atom is -0.312 e. The summed E-state index contributed by atoms with van der Waals surface area (Å²) in [6, 6.07) is 11.2. The number of hydrogen-bond donors (Lipinski definition) is 0. The van der Waals surface area contributed by atoms with Crippen LogP contribution in [0.1, 0.15) is 82.4 Å². The van der Waals surface area contributed by atoms with Gasteiger partial charge in [-0.1, -0.05) is 22.0 Å². The quantitative estimate of drug-likeness (QED) is 0.345. The Morgan fingerprint density at radius 2 is 1.69 bits per heavy atom. The van der Waals surface area contributed by atoms with Crippen LogP contribution in [-0.4, -0.2) is 23.1 Å². The summed E-state index contributed by atoms with van der Waals surface area (Å²) in [7, 11) is 0. The number of nitrogens with zero attached hydrogens (tertiary/aromatic N) is 2. The Morgan fingerprint density at radius 1 is 1.03 bits per heavy atom. The fraction of sp³-hybridized carbons (Fsp3) is 0.586. The Bertz CT molecular complexity index is 1150. The van der Waals surface area contributed by atoms with Crippen LogP contribution in [0.25, 0.3) is 0 Å². The zero-order valence-corrected chi connectivity index (χ0v) is 22.2. The number of benzene rings is 1. The number of alkyl halides is 3. The molecule has 6 aliphatic rings. The largest absolute Gasteiger partial charge is 0.312 e. The number of anilines is 1. The average Bonchev–Trinajstić information content (AvgIpc) is 2.81. The van der Waals surface area contributed by atoms with E-state index in [4.69, 9.17) is 0 Å². The van der Waals surface area contributed by atoms with Crippen LogP contribution in [0.4, 0.5) is 18.9 Å². The van der Waals surface area contributed by atoms with Crippen molar-refractivity contribution in [3.63, 3.8) is 0 Å². The summed E-state index contributed by atoms with van der Waals surface area (Å²) < 4.78 is 42.4. The van der Waals surface area contributed by atoms with Crippen LogP contribution in [0.3, 0.4) is 0 Å². The first kappa shape index (κ1) is 24.4. The smallest absolute Gasteiger partial charge is 0.272 e. The molecule has 2 aromatic rings. The first-order valence-electron chi connectivity index (χ1n) is 13.0. The third-order valence-corrected chi connectivity index (χ3v) is 10.2. The minimum absolute atomic E-state index is 0.0386. The Morgan fingerprint density at radius 3 is 2.22 bits per heavy atom. The van der Waals surface area contributed by atoms with Crippen molar-refractivity contribution in [1.29, 1.82) is 0 Å². The topological polar surface area (TPSA) is 33.2 Å². The van der Waals surface area contributed by atoms with Gasteiger partial charge in [0, 0.05) is 52.9 Å². The normalized spacial score (nSPS) is 34.6. The average molecular weight is 561 g/mol. The summed E-state index contributed by atoms with van der Waals surface area (Å²) in [5.41, 5.74) is 0.614. The van der Waals surface area contributed by atoms with Gasteiger partial charge in [0.2, 0.25) is 5.91 Å². The molecule has 6 aliphatic carbocycles. The van der Waals surface area contributed by atoms with Crippen LogP contribution in [0.5, 0.6) is 0 Å². The van der Waals surface area contributed by atoms with E-state index in [9.17, 15) is 18.0 Å². The third-order valence-electron chi connectivity index (χ3n) is 9.73. The van der Waals surface area contributed by atoms with Crippen LogP contribution in [0, 0.1) is 10.8 Å². The van der Waals surface area contributed by atoms with Gasteiger partial charge in [0.15, 0.2) is 0 Å². The van der Waals surface area contributed by atoms with E-state index >= 15 is 0 Å². The van der Waals surface area contributed by atoms with E-state index in [0.717, 1.165) is 61.3 Å². The Labute approximate surface area is 219 Å². The van der Waals surface area contributed by atoms with E-state index in [-0.39, 0.29) is 27.7 Å². The lowest BCUT2D eigenvalue weighted by Gasteiger charge is -2.66. The maximum atomic E-state index is 14.1. The predicted molar refractivity (Wildman–Crippen MR) is 137 cm³/mol. The Kier molecular flexibility index (Phi) is 5.47. The van der Waals surface area contributed by atoms with E-state index < -0.39 is 11.6 Å². The van der Waals surface area contributed by atoms with Gasteiger partial charge in [-0.15, -0.1) is 0 Å². The van der Waals surface area contributed by atoms with E-state index in [1.54, 1.807) is 6.07 Å². The Balaban J connectivity index is 1.19. The molecular formula is C29H32BrF3N2O. The summed E-state index contributed by atoms with van der Waals surface area (Å²) in [5, 5.41) is 0. The van der Waals surface area contributed by atoms with E-state index in [1.165, 1.54) is 12.3 Å². The van der Waals surface area contributed by atoms with Crippen LogP contribution in [0.15, 0.2) is 47.1 Å². The number of rotatable bonds is 7. The number of pyridine rings is 1. The molecule has 8 rings (SSSR count). The zero-order chi connectivity index (χ0) is 25.4. The van der Waals surface area contributed by atoms with Crippen molar-refractivity contribution in [2.45, 2.75) is 88.1 Å². The van der Waals surface area contributed by atoms with Gasteiger partial charge in [0.1, 0.15) is 5.67 Å². The maximum Gasteiger partial charge on any atom is 0.272 e. The van der Waals surface area contributed by atoms with Gasteiger partial charge in [-0.2, -0.15) is 0 Å². The van der Waals surface area contributed by atoms with Crippen molar-refractivity contribution in [3.05, 3.63) is 58.3 Å². The fourth-order valence-electron chi connectivity index (χ4n) is 7.62. The zero-order valence-electron chi connectivity index (χ0n) is 20.6. The van der Waals surface area contributed by atoms with Crippen molar-refractivity contribution >= 4 is 27.5 Å². The molecule has 0 radical (unpaired) electrons. The summed E-state index contributed by atoms with van der Waals surface area (Å²) in [5.74, 6) is -2.78. The molecule has 7 heteroatoms. The number of fused-ring (bicyclic) bond motifs is 3. The molecule has 4 bridgehead atoms. The molecule has 6 saturated carbocycles. The molecule has 1 aromatic heterocycles. The van der Waals surface area contributed by atoms with Gasteiger partial charge in [0.25, 0.3) is 5.92 Å². The summed E-state index contributed by atoms with van der Waals surface area (Å²) in [6.07, 6.45) is 9.16. The van der Waals surface area contributed by atoms with E-state index in [1.807, 2.05) is 29.2 Å². The number of hydrogen-bond acceptors (Lipinski definition) is 2. The molecular weight excluding hydrogens is 529 g/mol. The molecule has 1 aromatic carbocycles. The number of aromatic nitrogens is 1. The van der Waals surface area contributed by atoms with Crippen molar-refractivity contribution in [2.75, 3.05) is 11.4 Å². The highest BCUT2D eigenvalue weighted by Crippen LogP contribution is 2.71. The molecule has 3 nitrogen and oxygen atoms in total. The van der Waals surface area contributed by atoms with Crippen molar-refractivity contribution in [1.82, 2.24) is 4.98 Å². The monoisotopic (exact) mass is 560 g/mol. The van der Waals surface area contributed by atoms with Gasteiger partial charge < -0.3 is 4.90 Å². The number of halogens is 4. The van der Waals surface area contributed by atoms with Crippen LogP contribution < -0.4 is 4.90 Å². The van der Waals surface area contributed by atoms with Gasteiger partial charge in [-0.3, -0.25) is 9.78 Å². The SMILES string of the molecule is CC(F)(F)c1ccc(C23CCC(CN(C(=O)CC45CC(F)(C4)C5)c4cccc(Br)c4)(CC2)CC3)nc1. The van der Waals surface area contributed by atoms with E-state index in [0.29, 0.717) is 32.2 Å². The maximum absolute atomic E-state index is 14.1. The molecule has 0 aliphatic heterocycles. The molecule has 0 atom stereocenters. The number of amides is 1. The summed E-state index contributed by atoms with van der Waals surface area (Å²) >= 11 is 3.55. The van der Waals surface area contributed by atoms with Crippen LogP contribution in [0.2, 0.25) is 0 Å². The van der Waals surface area contributed by atoms with Gasteiger partial charge >= 0.3 is 0 Å². The Hall–Kier alpha value is -1.89. The van der Waals surface area contributed by atoms with Crippen LogP contribution >= 0.6 is 15.9 Å². The fourth-order valence-corrected chi connectivity index (χ4v) is 8.01. The van der Waals surface area contributed by atoms with Gasteiger partial charge in [-0.05, 0) is 98.9 Å². The van der Waals surface area contributed by atoms with Gasteiger partial charge in [0.05, 0.1) is 0 Å². The highest BCUT2D eigenvalue weighted by molar-refractivity contribution is 9.10. The third kappa shape index (κ3) is 4.10.